The molecule has 0 rings (SSSR count). The summed E-state index contributed by atoms with van der Waals surface area (Å²) in [6.07, 6.45) is 0. The van der Waals surface area contributed by atoms with Crippen molar-refractivity contribution in [3.05, 3.63) is 0 Å². The Bertz CT molecular complexity index is 8.00. The van der Waals surface area contributed by atoms with E-state index in [4.69, 9.17) is 0 Å². The molecule has 0 N–H and O–H groups in total. The second-order valence-corrected chi connectivity index (χ2v) is 0. The van der Waals surface area contributed by atoms with Crippen LogP contribution in [0.2, 0.25) is 0 Å². The van der Waals surface area contributed by atoms with Crippen LogP contribution in [0.15, 0.2) is 0 Å². The molecule has 0 fully saturated rings. The van der Waals surface area contributed by atoms with Gasteiger partial charge in [0.05, 0.1) is 0 Å². The molecule has 0 heterocycles. The van der Waals surface area contributed by atoms with Crippen molar-refractivity contribution >= 4 is 40.4 Å². The predicted molar refractivity (Wildman–Crippen MR) is 14.3 cm³/mol. The van der Waals surface area contributed by atoms with Gasteiger partial charge >= 0.3 is 23.1 Å². The van der Waals surface area contributed by atoms with Crippen molar-refractivity contribution in [2.45, 2.75) is 0 Å². The van der Waals surface area contributed by atoms with Crippen molar-refractivity contribution in [1.29, 1.82) is 0 Å². The van der Waals surface area contributed by atoms with E-state index in [1.54, 1.807) is 0 Å². The van der Waals surface area contributed by atoms with E-state index in [1.165, 1.54) is 0 Å². The smallest absolute Gasteiger partial charge is 0 e. The van der Waals surface area contributed by atoms with E-state index < -0.39 is 0 Å². The van der Waals surface area contributed by atoms with Gasteiger partial charge in [0.1, 0.15) is 0 Å². The second kappa shape index (κ2) is 17.1. The summed E-state index contributed by atoms with van der Waals surface area (Å²) < 4.78 is 0. The molecule has 0 atom stereocenters. The third kappa shape index (κ3) is 8.84. The van der Waals surface area contributed by atoms with Crippen LogP contribution in [0, 0.1) is 0 Å². The molecule has 0 aromatic rings. The number of hydrogen-bond acceptors (Lipinski definition) is 0. The molecule has 0 bridgehead atoms. The Morgan fingerprint density at radius 1 is 1.00 bits per heavy atom. The average Bonchev–Trinajstić information content (AvgIpc) is 0. The van der Waals surface area contributed by atoms with Crippen LogP contribution in [-0.2, 0) is 45.3 Å². The minimum Gasteiger partial charge on any atom is 0 e. The number of hydrogen-bond donors (Lipinski definition) is 0. The van der Waals surface area contributed by atoms with Gasteiger partial charge in [-0.2, -0.15) is 0 Å². The van der Waals surface area contributed by atoms with Gasteiger partial charge in [-0.3, -0.25) is 0 Å². The fourth-order valence-electron chi connectivity index (χ4n) is 0. The maximum atomic E-state index is 0. The Morgan fingerprint density at radius 2 is 1.00 bits per heavy atom. The molecule has 4 radical (unpaired) electrons. The normalized spacial score (nSPS) is 0. The van der Waals surface area contributed by atoms with Crippen molar-refractivity contribution in [1.82, 2.24) is 0 Å². The molecule has 0 amide bonds. The van der Waals surface area contributed by atoms with Crippen LogP contribution >= 0.6 is 0 Å². The summed E-state index contributed by atoms with van der Waals surface area (Å²) in [5.74, 6) is 0. The Labute approximate surface area is 84.3 Å². The van der Waals surface area contributed by atoms with E-state index >= 15 is 0 Å². The molecule has 0 unspecified atom stereocenters. The van der Waals surface area contributed by atoms with Crippen LogP contribution in [-0.4, -0.2) is 40.4 Å². The molecule has 4 heteroatoms. The van der Waals surface area contributed by atoms with Gasteiger partial charge in [0, 0.05) is 62.7 Å². The zero-order chi connectivity index (χ0) is 0. The summed E-state index contributed by atoms with van der Waals surface area (Å²) in [6.45, 7) is 0. The first-order chi connectivity index (χ1) is 0. The van der Waals surface area contributed by atoms with Crippen LogP contribution in [0.25, 0.3) is 0 Å². The Balaban J connectivity index is 0. The summed E-state index contributed by atoms with van der Waals surface area (Å²) in [6, 6.07) is 0. The molecule has 0 aromatic carbocycles. The van der Waals surface area contributed by atoms with Crippen LogP contribution in [0.5, 0.6) is 0 Å². The van der Waals surface area contributed by atoms with E-state index in [-0.39, 0.29) is 85.7 Å². The van der Waals surface area contributed by atoms with Crippen molar-refractivity contribution in [2.24, 2.45) is 0 Å². The molecular formula is H2AlMgScZn. The van der Waals surface area contributed by atoms with E-state index in [1.807, 2.05) is 0 Å². The second-order valence-electron chi connectivity index (χ2n) is 0. The third-order valence-corrected chi connectivity index (χ3v) is 0. The first-order valence-electron chi connectivity index (χ1n) is 0. The van der Waals surface area contributed by atoms with Gasteiger partial charge in [-0.25, -0.2) is 0 Å². The maximum absolute atomic E-state index is 0. The summed E-state index contributed by atoms with van der Waals surface area (Å²) in [7, 11) is 0. The quantitative estimate of drug-likeness (QED) is 0.390. The van der Waals surface area contributed by atoms with Crippen LogP contribution in [0.4, 0.5) is 0 Å². The molecule has 0 aliphatic rings. The molecule has 0 aromatic heterocycles. The average molecular weight is 164 g/mol. The van der Waals surface area contributed by atoms with Gasteiger partial charge < -0.3 is 0 Å². The van der Waals surface area contributed by atoms with Crippen molar-refractivity contribution in [2.75, 3.05) is 0 Å². The Hall–Kier alpha value is 2.79. The van der Waals surface area contributed by atoms with E-state index in [0.29, 0.717) is 0 Å². The van der Waals surface area contributed by atoms with Crippen molar-refractivity contribution in [3.8, 4) is 0 Å². The van der Waals surface area contributed by atoms with E-state index in [0.717, 1.165) is 0 Å². The monoisotopic (exact) mass is 162 g/mol. The minimum atomic E-state index is 0. The van der Waals surface area contributed by atoms with Gasteiger partial charge in [0.15, 0.2) is 0 Å². The van der Waals surface area contributed by atoms with E-state index in [9.17, 15) is 0 Å². The molecule has 0 saturated heterocycles. The molecule has 0 aliphatic carbocycles. The Kier molecular flexibility index (Phi) is 125. The van der Waals surface area contributed by atoms with Gasteiger partial charge in [-0.1, -0.05) is 0 Å². The van der Waals surface area contributed by atoms with Gasteiger partial charge in [-0.05, 0) is 0 Å². The fraction of sp³-hybridized carbons (Fsp3) is 0. The molecular weight excluding hydrogens is 162 g/mol. The molecule has 4 heavy (non-hydrogen) atoms. The molecule has 0 saturated carbocycles. The van der Waals surface area contributed by atoms with Gasteiger partial charge in [0.2, 0.25) is 0 Å². The molecule has 0 spiro atoms. The van der Waals surface area contributed by atoms with Crippen LogP contribution in [0.1, 0.15) is 0 Å². The summed E-state index contributed by atoms with van der Waals surface area (Å²) in [4.78, 5) is 0. The van der Waals surface area contributed by atoms with E-state index in [2.05, 4.69) is 0 Å². The predicted octanol–water partition coefficient (Wildman–Crippen LogP) is -1.30. The van der Waals surface area contributed by atoms with Crippen molar-refractivity contribution < 1.29 is 45.3 Å². The summed E-state index contributed by atoms with van der Waals surface area (Å²) >= 11 is 0. The topological polar surface area (TPSA) is 0 Å². The fourth-order valence-corrected chi connectivity index (χ4v) is 0. The number of rotatable bonds is 0. The van der Waals surface area contributed by atoms with Gasteiger partial charge in [0.25, 0.3) is 0 Å². The maximum Gasteiger partial charge on any atom is 0.316 e. The zero-order valence-electron chi connectivity index (χ0n) is 1.86. The molecule has 0 nitrogen and oxygen atoms in total. The minimum absolute atomic E-state index is 0. The first kappa shape index (κ1) is 29.2. The SMILES string of the molecule is [Al].[MgH2].[Sc].[Zn]. The van der Waals surface area contributed by atoms with Gasteiger partial charge in [-0.15, -0.1) is 0 Å². The molecule has 0 aliphatic heterocycles. The zero-order valence-corrected chi connectivity index (χ0v) is 7.79. The molecule has 12 valence electrons. The van der Waals surface area contributed by atoms with Crippen molar-refractivity contribution in [3.63, 3.8) is 0 Å². The first-order valence-corrected chi connectivity index (χ1v) is 0. The van der Waals surface area contributed by atoms with Crippen LogP contribution in [0.3, 0.4) is 0 Å². The van der Waals surface area contributed by atoms with Crippen LogP contribution < -0.4 is 0 Å². The Morgan fingerprint density at radius 3 is 1.00 bits per heavy atom. The largest absolute Gasteiger partial charge is 0.316 e. The standard InChI is InChI=1S/Al.Mg.Sc.Zn.2H. The third-order valence-electron chi connectivity index (χ3n) is 0. The summed E-state index contributed by atoms with van der Waals surface area (Å²) in [5.41, 5.74) is 0. The summed E-state index contributed by atoms with van der Waals surface area (Å²) in [5, 5.41) is 0.